The summed E-state index contributed by atoms with van der Waals surface area (Å²) in [5.74, 6) is 0.0346. The lowest BCUT2D eigenvalue weighted by molar-refractivity contribution is 0.0692. The van der Waals surface area contributed by atoms with Crippen LogP contribution >= 0.6 is 0 Å². The summed E-state index contributed by atoms with van der Waals surface area (Å²) in [5, 5.41) is 9.11. The van der Waals surface area contributed by atoms with E-state index in [-0.39, 0.29) is 12.2 Å². The summed E-state index contributed by atoms with van der Waals surface area (Å²) in [4.78, 5) is 18.9. The predicted octanol–water partition coefficient (Wildman–Crippen LogP) is 3.19. The average Bonchev–Trinajstić information content (AvgIpc) is 2.45. The van der Waals surface area contributed by atoms with Gasteiger partial charge < -0.3 is 9.84 Å². The summed E-state index contributed by atoms with van der Waals surface area (Å²) in [7, 11) is 0. The maximum absolute atomic E-state index is 11.1. The van der Waals surface area contributed by atoms with E-state index in [4.69, 9.17) is 9.84 Å². The second-order valence-electron chi connectivity index (χ2n) is 5.17. The number of aromatic nitrogens is 2. The van der Waals surface area contributed by atoms with Gasteiger partial charge >= 0.3 is 5.97 Å². The van der Waals surface area contributed by atoms with Crippen molar-refractivity contribution in [1.82, 2.24) is 9.97 Å². The van der Waals surface area contributed by atoms with Gasteiger partial charge in [0.05, 0.1) is 5.69 Å². The third kappa shape index (κ3) is 3.56. The summed E-state index contributed by atoms with van der Waals surface area (Å²) in [6, 6.07) is 6.03. The molecular weight excluding hydrogens is 268 g/mol. The Labute approximate surface area is 123 Å². The summed E-state index contributed by atoms with van der Waals surface area (Å²) in [6.07, 6.45) is 2.61. The van der Waals surface area contributed by atoms with Gasteiger partial charge in [0.2, 0.25) is 0 Å². The van der Waals surface area contributed by atoms with Gasteiger partial charge in [0.25, 0.3) is 0 Å². The van der Waals surface area contributed by atoms with Crippen LogP contribution in [0.15, 0.2) is 30.7 Å². The maximum atomic E-state index is 11.1. The van der Waals surface area contributed by atoms with Gasteiger partial charge in [-0.1, -0.05) is 26.0 Å². The second-order valence-corrected chi connectivity index (χ2v) is 5.17. The highest BCUT2D eigenvalue weighted by atomic mass is 16.5. The van der Waals surface area contributed by atoms with Crippen molar-refractivity contribution < 1.29 is 14.6 Å². The third-order valence-electron chi connectivity index (χ3n) is 3.18. The summed E-state index contributed by atoms with van der Waals surface area (Å²) < 4.78 is 5.80. The fourth-order valence-electron chi connectivity index (χ4n) is 2.04. The van der Waals surface area contributed by atoms with Gasteiger partial charge in [-0.15, -0.1) is 0 Å². The van der Waals surface area contributed by atoms with E-state index in [0.717, 1.165) is 16.9 Å². The van der Waals surface area contributed by atoms with E-state index in [1.807, 2.05) is 25.1 Å². The molecule has 110 valence electrons. The topological polar surface area (TPSA) is 72.3 Å². The Balaban J connectivity index is 2.24. The van der Waals surface area contributed by atoms with Gasteiger partial charge in [0.1, 0.15) is 24.2 Å². The van der Waals surface area contributed by atoms with Crippen LogP contribution in [0.3, 0.4) is 0 Å². The van der Waals surface area contributed by atoms with Crippen molar-refractivity contribution in [2.75, 3.05) is 0 Å². The number of benzene rings is 1. The van der Waals surface area contributed by atoms with E-state index in [0.29, 0.717) is 11.6 Å². The lowest BCUT2D eigenvalue weighted by atomic mass is 10.0. The van der Waals surface area contributed by atoms with Crippen LogP contribution in [0.2, 0.25) is 0 Å². The molecule has 0 radical (unpaired) electrons. The van der Waals surface area contributed by atoms with Crippen molar-refractivity contribution in [2.24, 2.45) is 0 Å². The molecule has 2 rings (SSSR count). The standard InChI is InChI=1S/C16H18N2O3/c1-10(2)12-5-4-11(3)6-15(12)21-8-14-13(16(19)20)7-17-9-18-14/h4-7,9-10H,8H2,1-3H3,(H,19,20). The molecule has 1 N–H and O–H groups in total. The monoisotopic (exact) mass is 286 g/mol. The van der Waals surface area contributed by atoms with E-state index in [1.54, 1.807) is 0 Å². The Bertz CT molecular complexity index is 654. The highest BCUT2D eigenvalue weighted by Crippen LogP contribution is 2.28. The van der Waals surface area contributed by atoms with Crippen LogP contribution < -0.4 is 4.74 Å². The van der Waals surface area contributed by atoms with Crippen molar-refractivity contribution in [3.8, 4) is 5.75 Å². The molecule has 0 aliphatic carbocycles. The van der Waals surface area contributed by atoms with Crippen molar-refractivity contribution in [3.63, 3.8) is 0 Å². The molecule has 1 aromatic heterocycles. The zero-order valence-electron chi connectivity index (χ0n) is 12.3. The summed E-state index contributed by atoms with van der Waals surface area (Å²) in [6.45, 7) is 6.27. The summed E-state index contributed by atoms with van der Waals surface area (Å²) >= 11 is 0. The number of nitrogens with zero attached hydrogens (tertiary/aromatic N) is 2. The summed E-state index contributed by atoms with van der Waals surface area (Å²) in [5.41, 5.74) is 2.62. The fourth-order valence-corrected chi connectivity index (χ4v) is 2.04. The number of carbonyl (C=O) groups is 1. The van der Waals surface area contributed by atoms with Gasteiger partial charge in [0.15, 0.2) is 0 Å². The van der Waals surface area contributed by atoms with Crippen molar-refractivity contribution in [2.45, 2.75) is 33.3 Å². The van der Waals surface area contributed by atoms with Gasteiger partial charge in [-0.3, -0.25) is 0 Å². The van der Waals surface area contributed by atoms with Crippen LogP contribution in [0.5, 0.6) is 5.75 Å². The molecule has 0 aliphatic rings. The van der Waals surface area contributed by atoms with E-state index < -0.39 is 5.97 Å². The van der Waals surface area contributed by atoms with Crippen LogP contribution in [0, 0.1) is 6.92 Å². The zero-order valence-corrected chi connectivity index (χ0v) is 12.3. The Morgan fingerprint density at radius 3 is 2.81 bits per heavy atom. The number of aryl methyl sites for hydroxylation is 1. The molecule has 5 heteroatoms. The van der Waals surface area contributed by atoms with E-state index in [1.165, 1.54) is 12.5 Å². The number of hydrogen-bond donors (Lipinski definition) is 1. The Hall–Kier alpha value is -2.43. The molecule has 0 amide bonds. The molecule has 0 bridgehead atoms. The Kier molecular flexibility index (Phi) is 4.52. The van der Waals surface area contributed by atoms with Crippen molar-refractivity contribution in [3.05, 3.63) is 53.1 Å². The van der Waals surface area contributed by atoms with Crippen LogP contribution in [0.25, 0.3) is 0 Å². The van der Waals surface area contributed by atoms with Crippen LogP contribution in [0.4, 0.5) is 0 Å². The quantitative estimate of drug-likeness (QED) is 0.913. The normalized spacial score (nSPS) is 10.7. The molecule has 21 heavy (non-hydrogen) atoms. The second kappa shape index (κ2) is 6.35. The molecule has 2 aromatic rings. The molecule has 0 atom stereocenters. The van der Waals surface area contributed by atoms with Crippen molar-refractivity contribution >= 4 is 5.97 Å². The van der Waals surface area contributed by atoms with Gasteiger partial charge in [-0.25, -0.2) is 14.8 Å². The maximum Gasteiger partial charge on any atom is 0.339 e. The highest BCUT2D eigenvalue weighted by Gasteiger charge is 2.14. The molecule has 0 saturated carbocycles. The molecule has 1 heterocycles. The number of aromatic carboxylic acids is 1. The first-order chi connectivity index (χ1) is 9.99. The first-order valence-corrected chi connectivity index (χ1v) is 6.74. The number of ether oxygens (including phenoxy) is 1. The number of carboxylic acids is 1. The smallest absolute Gasteiger partial charge is 0.339 e. The molecule has 0 aliphatic heterocycles. The number of rotatable bonds is 5. The predicted molar refractivity (Wildman–Crippen MR) is 78.6 cm³/mol. The highest BCUT2D eigenvalue weighted by molar-refractivity contribution is 5.88. The largest absolute Gasteiger partial charge is 0.487 e. The average molecular weight is 286 g/mol. The first kappa shape index (κ1) is 15.0. The number of carboxylic acid groups (broad SMARTS) is 1. The van der Waals surface area contributed by atoms with Crippen LogP contribution in [-0.2, 0) is 6.61 Å². The minimum absolute atomic E-state index is 0.0660. The first-order valence-electron chi connectivity index (χ1n) is 6.74. The molecule has 1 aromatic carbocycles. The molecule has 0 saturated heterocycles. The van der Waals surface area contributed by atoms with Crippen LogP contribution in [0.1, 0.15) is 46.9 Å². The van der Waals surface area contributed by atoms with E-state index >= 15 is 0 Å². The fraction of sp³-hybridized carbons (Fsp3) is 0.312. The van der Waals surface area contributed by atoms with E-state index in [9.17, 15) is 4.79 Å². The van der Waals surface area contributed by atoms with Gasteiger partial charge in [0, 0.05) is 6.20 Å². The molecular formula is C16H18N2O3. The van der Waals surface area contributed by atoms with E-state index in [2.05, 4.69) is 23.8 Å². The minimum Gasteiger partial charge on any atom is -0.487 e. The molecule has 0 fully saturated rings. The van der Waals surface area contributed by atoms with Gasteiger partial charge in [-0.05, 0) is 30.0 Å². The Morgan fingerprint density at radius 2 is 2.14 bits per heavy atom. The lowest BCUT2D eigenvalue weighted by Crippen LogP contribution is -2.09. The SMILES string of the molecule is Cc1ccc(C(C)C)c(OCc2ncncc2C(=O)O)c1. The molecule has 5 nitrogen and oxygen atoms in total. The van der Waals surface area contributed by atoms with Crippen molar-refractivity contribution in [1.29, 1.82) is 0 Å². The minimum atomic E-state index is -1.05. The molecule has 0 unspecified atom stereocenters. The zero-order chi connectivity index (χ0) is 15.4. The Morgan fingerprint density at radius 1 is 1.38 bits per heavy atom. The number of hydrogen-bond acceptors (Lipinski definition) is 4. The van der Waals surface area contributed by atoms with Gasteiger partial charge in [-0.2, -0.15) is 0 Å². The van der Waals surface area contributed by atoms with Crippen LogP contribution in [-0.4, -0.2) is 21.0 Å². The molecule has 0 spiro atoms. The lowest BCUT2D eigenvalue weighted by Gasteiger charge is -2.15. The third-order valence-corrected chi connectivity index (χ3v) is 3.18.